The van der Waals surface area contributed by atoms with Gasteiger partial charge in [-0.2, -0.15) is 13.2 Å². The van der Waals surface area contributed by atoms with Crippen molar-refractivity contribution in [2.45, 2.75) is 44.3 Å². The number of fused-ring (bicyclic) bond motifs is 1. The smallest absolute Gasteiger partial charge is 0.389 e. The van der Waals surface area contributed by atoms with Crippen LogP contribution in [-0.2, 0) is 6.42 Å². The summed E-state index contributed by atoms with van der Waals surface area (Å²) in [5.74, 6) is 0.799. The molecule has 5 heteroatoms. The Morgan fingerprint density at radius 3 is 2.85 bits per heavy atom. The molecule has 0 heterocycles. The molecule has 0 fully saturated rings. The SMILES string of the molecule is COc1ccc2c(c1)C(NCCCC(F)(F)F)CCC2. The van der Waals surface area contributed by atoms with E-state index >= 15 is 0 Å². The molecule has 0 bridgehead atoms. The lowest BCUT2D eigenvalue weighted by molar-refractivity contribution is -0.135. The average molecular weight is 287 g/mol. The number of rotatable bonds is 5. The first-order valence-corrected chi connectivity index (χ1v) is 6.96. The van der Waals surface area contributed by atoms with Crippen molar-refractivity contribution in [3.05, 3.63) is 29.3 Å². The largest absolute Gasteiger partial charge is 0.497 e. The van der Waals surface area contributed by atoms with E-state index in [1.807, 2.05) is 12.1 Å². The van der Waals surface area contributed by atoms with Crippen LogP contribution in [0.4, 0.5) is 13.2 Å². The lowest BCUT2D eigenvalue weighted by Crippen LogP contribution is -2.27. The standard InChI is InChI=1S/C15H20F3NO/c1-20-12-7-6-11-4-2-5-14(13(11)10-12)19-9-3-8-15(16,17)18/h6-7,10,14,19H,2-5,8-9H2,1H3. The van der Waals surface area contributed by atoms with Crippen molar-refractivity contribution in [1.82, 2.24) is 5.32 Å². The maximum absolute atomic E-state index is 12.1. The number of ether oxygens (including phenoxy) is 1. The van der Waals surface area contributed by atoms with Gasteiger partial charge in [-0.05, 0) is 55.5 Å². The zero-order valence-electron chi connectivity index (χ0n) is 11.6. The number of benzene rings is 1. The van der Waals surface area contributed by atoms with Gasteiger partial charge in [0, 0.05) is 12.5 Å². The third kappa shape index (κ3) is 4.13. The molecule has 20 heavy (non-hydrogen) atoms. The molecule has 0 spiro atoms. The Balaban J connectivity index is 1.94. The molecule has 0 saturated heterocycles. The van der Waals surface area contributed by atoms with Gasteiger partial charge in [-0.15, -0.1) is 0 Å². The Kier molecular flexibility index (Phi) is 4.91. The summed E-state index contributed by atoms with van der Waals surface area (Å²) in [5.41, 5.74) is 2.44. The van der Waals surface area contributed by atoms with Crippen LogP contribution in [0.3, 0.4) is 0 Å². The highest BCUT2D eigenvalue weighted by Gasteiger charge is 2.26. The molecule has 2 nitrogen and oxygen atoms in total. The quantitative estimate of drug-likeness (QED) is 0.826. The van der Waals surface area contributed by atoms with Crippen molar-refractivity contribution < 1.29 is 17.9 Å². The van der Waals surface area contributed by atoms with Gasteiger partial charge in [0.25, 0.3) is 0 Å². The van der Waals surface area contributed by atoms with E-state index in [2.05, 4.69) is 11.4 Å². The van der Waals surface area contributed by atoms with E-state index in [0.717, 1.165) is 25.0 Å². The molecule has 1 aliphatic rings. The molecular weight excluding hydrogens is 267 g/mol. The van der Waals surface area contributed by atoms with Crippen molar-refractivity contribution >= 4 is 0 Å². The minimum absolute atomic E-state index is 0.124. The Labute approximate surface area is 117 Å². The van der Waals surface area contributed by atoms with E-state index in [4.69, 9.17) is 4.74 Å². The third-order valence-electron chi connectivity index (χ3n) is 3.70. The highest BCUT2D eigenvalue weighted by molar-refractivity contribution is 5.39. The van der Waals surface area contributed by atoms with Gasteiger partial charge >= 0.3 is 6.18 Å². The monoisotopic (exact) mass is 287 g/mol. The van der Waals surface area contributed by atoms with E-state index < -0.39 is 12.6 Å². The van der Waals surface area contributed by atoms with Gasteiger partial charge in [0.1, 0.15) is 5.75 Å². The summed E-state index contributed by atoms with van der Waals surface area (Å²) < 4.78 is 41.6. The lowest BCUT2D eigenvalue weighted by atomic mass is 9.87. The maximum Gasteiger partial charge on any atom is 0.389 e. The first-order chi connectivity index (χ1) is 9.49. The van der Waals surface area contributed by atoms with Crippen molar-refractivity contribution in [2.24, 2.45) is 0 Å². The summed E-state index contributed by atoms with van der Waals surface area (Å²) in [6.45, 7) is 0.390. The van der Waals surface area contributed by atoms with Crippen LogP contribution < -0.4 is 10.1 Å². The van der Waals surface area contributed by atoms with Crippen LogP contribution >= 0.6 is 0 Å². The molecular formula is C15H20F3NO. The number of hydrogen-bond donors (Lipinski definition) is 1. The Bertz CT molecular complexity index is 445. The molecule has 1 aliphatic carbocycles. The lowest BCUT2D eigenvalue weighted by Gasteiger charge is -2.27. The molecule has 112 valence electrons. The molecule has 0 aliphatic heterocycles. The molecule has 0 saturated carbocycles. The number of aryl methyl sites for hydroxylation is 1. The fourth-order valence-electron chi connectivity index (χ4n) is 2.68. The molecule has 0 aromatic heterocycles. The average Bonchev–Trinajstić information content (AvgIpc) is 2.42. The van der Waals surface area contributed by atoms with Gasteiger partial charge in [-0.1, -0.05) is 6.07 Å². The van der Waals surface area contributed by atoms with Crippen LogP contribution in [0.5, 0.6) is 5.75 Å². The van der Waals surface area contributed by atoms with E-state index in [1.165, 1.54) is 11.1 Å². The molecule has 2 rings (SSSR count). The fraction of sp³-hybridized carbons (Fsp3) is 0.600. The van der Waals surface area contributed by atoms with Crippen LogP contribution in [0.2, 0.25) is 0 Å². The van der Waals surface area contributed by atoms with E-state index in [0.29, 0.717) is 6.54 Å². The Morgan fingerprint density at radius 1 is 1.35 bits per heavy atom. The highest BCUT2D eigenvalue weighted by atomic mass is 19.4. The molecule has 0 amide bonds. The molecule has 1 atom stereocenters. The first-order valence-electron chi connectivity index (χ1n) is 6.96. The minimum atomic E-state index is -4.06. The number of alkyl halides is 3. The van der Waals surface area contributed by atoms with Crippen LogP contribution in [0, 0.1) is 0 Å². The number of halogens is 3. The summed E-state index contributed by atoms with van der Waals surface area (Å²) in [6.07, 6.45) is -1.60. The van der Waals surface area contributed by atoms with E-state index in [9.17, 15) is 13.2 Å². The van der Waals surface area contributed by atoms with Crippen molar-refractivity contribution in [1.29, 1.82) is 0 Å². The van der Waals surface area contributed by atoms with Crippen LogP contribution in [0.25, 0.3) is 0 Å². The molecule has 0 radical (unpaired) electrons. The van der Waals surface area contributed by atoms with Crippen molar-refractivity contribution in [3.63, 3.8) is 0 Å². The molecule has 1 aromatic rings. The molecule has 1 aromatic carbocycles. The second kappa shape index (κ2) is 6.48. The summed E-state index contributed by atoms with van der Waals surface area (Å²) >= 11 is 0. The van der Waals surface area contributed by atoms with Crippen LogP contribution in [-0.4, -0.2) is 19.8 Å². The van der Waals surface area contributed by atoms with Crippen molar-refractivity contribution in [2.75, 3.05) is 13.7 Å². The Hall–Kier alpha value is -1.23. The highest BCUT2D eigenvalue weighted by Crippen LogP contribution is 2.32. The van der Waals surface area contributed by atoms with Gasteiger partial charge in [0.15, 0.2) is 0 Å². The summed E-state index contributed by atoms with van der Waals surface area (Å²) in [6, 6.07) is 6.13. The minimum Gasteiger partial charge on any atom is -0.497 e. The van der Waals surface area contributed by atoms with Gasteiger partial charge in [-0.3, -0.25) is 0 Å². The normalized spacial score (nSPS) is 18.7. The second-order valence-corrected chi connectivity index (χ2v) is 5.18. The third-order valence-corrected chi connectivity index (χ3v) is 3.70. The van der Waals surface area contributed by atoms with Gasteiger partial charge < -0.3 is 10.1 Å². The summed E-state index contributed by atoms with van der Waals surface area (Å²) in [5, 5.41) is 3.25. The fourth-order valence-corrected chi connectivity index (χ4v) is 2.68. The van der Waals surface area contributed by atoms with Crippen LogP contribution in [0.15, 0.2) is 18.2 Å². The topological polar surface area (TPSA) is 21.3 Å². The first kappa shape index (κ1) is 15.2. The number of nitrogens with one attached hydrogen (secondary N) is 1. The number of hydrogen-bond acceptors (Lipinski definition) is 2. The van der Waals surface area contributed by atoms with Crippen molar-refractivity contribution in [3.8, 4) is 5.75 Å². The Morgan fingerprint density at radius 2 is 2.15 bits per heavy atom. The predicted octanol–water partition coefficient (Wildman–Crippen LogP) is 4.00. The molecule has 1 unspecified atom stereocenters. The van der Waals surface area contributed by atoms with Gasteiger partial charge in [-0.25, -0.2) is 0 Å². The maximum atomic E-state index is 12.1. The zero-order valence-corrected chi connectivity index (χ0v) is 11.6. The van der Waals surface area contributed by atoms with Crippen LogP contribution in [0.1, 0.15) is 42.9 Å². The second-order valence-electron chi connectivity index (χ2n) is 5.18. The van der Waals surface area contributed by atoms with E-state index in [1.54, 1.807) is 7.11 Å². The number of methoxy groups -OCH3 is 1. The zero-order chi connectivity index (χ0) is 14.6. The predicted molar refractivity (Wildman–Crippen MR) is 72.0 cm³/mol. The summed E-state index contributed by atoms with van der Waals surface area (Å²) in [4.78, 5) is 0. The summed E-state index contributed by atoms with van der Waals surface area (Å²) in [7, 11) is 1.62. The van der Waals surface area contributed by atoms with Gasteiger partial charge in [0.05, 0.1) is 7.11 Å². The van der Waals surface area contributed by atoms with E-state index in [-0.39, 0.29) is 12.5 Å². The van der Waals surface area contributed by atoms with Gasteiger partial charge in [0.2, 0.25) is 0 Å². The molecule has 1 N–H and O–H groups in total.